The number of rotatable bonds is 4. The zero-order chi connectivity index (χ0) is 14.6. The normalized spacial score (nSPS) is 15.9. The summed E-state index contributed by atoms with van der Waals surface area (Å²) in [6.45, 7) is 2.86. The van der Waals surface area contributed by atoms with Crippen LogP contribution in [0.3, 0.4) is 0 Å². The lowest BCUT2D eigenvalue weighted by atomic mass is 9.80. The molecule has 1 aromatic rings. The van der Waals surface area contributed by atoms with Crippen molar-refractivity contribution < 1.29 is 9.53 Å². The Kier molecular flexibility index (Phi) is 4.81. The van der Waals surface area contributed by atoms with Crippen molar-refractivity contribution >= 4 is 17.2 Å². The summed E-state index contributed by atoms with van der Waals surface area (Å²) in [5.74, 6) is 5.76. The average Bonchev–Trinajstić information content (AvgIpc) is 2.77. The lowest BCUT2D eigenvalue weighted by Crippen LogP contribution is -2.49. The molecule has 0 radical (unpaired) electrons. The standard InChI is InChI=1S/C15H20N2O2S/c1-11-9-13(20-12(11)5-3-8-16)14(18)17-10-15(19-2)6-4-7-15/h9H,4,6-8,10,16H2,1-2H3,(H,17,18). The van der Waals surface area contributed by atoms with E-state index in [-0.39, 0.29) is 11.5 Å². The van der Waals surface area contributed by atoms with Crippen molar-refractivity contribution in [1.82, 2.24) is 5.32 Å². The predicted octanol–water partition coefficient (Wildman–Crippen LogP) is 1.67. The Hall–Kier alpha value is -1.35. The van der Waals surface area contributed by atoms with Gasteiger partial charge in [0.15, 0.2) is 0 Å². The third kappa shape index (κ3) is 3.21. The molecule has 1 aromatic heterocycles. The molecule has 0 aromatic carbocycles. The van der Waals surface area contributed by atoms with Crippen molar-refractivity contribution in [2.24, 2.45) is 5.73 Å². The first kappa shape index (κ1) is 15.0. The van der Waals surface area contributed by atoms with Crippen LogP contribution in [-0.4, -0.2) is 31.7 Å². The minimum Gasteiger partial charge on any atom is -0.376 e. The Morgan fingerprint density at radius 3 is 2.90 bits per heavy atom. The summed E-state index contributed by atoms with van der Waals surface area (Å²) in [7, 11) is 1.71. The molecule has 1 fully saturated rings. The van der Waals surface area contributed by atoms with Gasteiger partial charge in [0.25, 0.3) is 5.91 Å². The first-order valence-electron chi connectivity index (χ1n) is 6.73. The fourth-order valence-corrected chi connectivity index (χ4v) is 3.17. The summed E-state index contributed by atoms with van der Waals surface area (Å²) in [5.41, 5.74) is 6.23. The van der Waals surface area contributed by atoms with Crippen LogP contribution < -0.4 is 11.1 Å². The van der Waals surface area contributed by atoms with E-state index in [1.807, 2.05) is 13.0 Å². The van der Waals surface area contributed by atoms with E-state index in [9.17, 15) is 4.79 Å². The highest BCUT2D eigenvalue weighted by Gasteiger charge is 2.37. The van der Waals surface area contributed by atoms with Crippen molar-refractivity contribution in [1.29, 1.82) is 0 Å². The van der Waals surface area contributed by atoms with Gasteiger partial charge in [0.1, 0.15) is 0 Å². The van der Waals surface area contributed by atoms with Gasteiger partial charge in [-0.1, -0.05) is 11.8 Å². The van der Waals surface area contributed by atoms with Crippen LogP contribution in [0.4, 0.5) is 0 Å². The van der Waals surface area contributed by atoms with Crippen LogP contribution in [0.1, 0.15) is 39.4 Å². The average molecular weight is 292 g/mol. The second kappa shape index (κ2) is 6.40. The number of hydrogen-bond donors (Lipinski definition) is 2. The molecule has 20 heavy (non-hydrogen) atoms. The minimum absolute atomic E-state index is 0.0535. The summed E-state index contributed by atoms with van der Waals surface area (Å²) in [4.78, 5) is 13.8. The van der Waals surface area contributed by atoms with Crippen molar-refractivity contribution in [2.45, 2.75) is 31.8 Å². The Bertz CT molecular complexity index is 544. The molecule has 5 heteroatoms. The summed E-state index contributed by atoms with van der Waals surface area (Å²) in [6, 6.07) is 1.88. The first-order chi connectivity index (χ1) is 9.60. The van der Waals surface area contributed by atoms with Crippen LogP contribution >= 0.6 is 11.3 Å². The molecule has 3 N–H and O–H groups in total. The fourth-order valence-electron chi connectivity index (χ4n) is 2.20. The van der Waals surface area contributed by atoms with Gasteiger partial charge < -0.3 is 15.8 Å². The second-order valence-corrected chi connectivity index (χ2v) is 6.10. The third-order valence-electron chi connectivity index (χ3n) is 3.71. The number of thiophene rings is 1. The number of aryl methyl sites for hydroxylation is 1. The highest BCUT2D eigenvalue weighted by Crippen LogP contribution is 2.34. The number of nitrogens with one attached hydrogen (secondary N) is 1. The summed E-state index contributed by atoms with van der Waals surface area (Å²) in [5, 5.41) is 2.96. The number of ether oxygens (including phenoxy) is 1. The molecule has 1 heterocycles. The highest BCUT2D eigenvalue weighted by molar-refractivity contribution is 7.14. The fraction of sp³-hybridized carbons (Fsp3) is 0.533. The molecule has 0 saturated heterocycles. The van der Waals surface area contributed by atoms with Crippen molar-refractivity contribution in [3.8, 4) is 11.8 Å². The van der Waals surface area contributed by atoms with Crippen molar-refractivity contribution in [3.05, 3.63) is 21.4 Å². The quantitative estimate of drug-likeness (QED) is 0.830. The van der Waals surface area contributed by atoms with Crippen LogP contribution in [0.2, 0.25) is 0 Å². The largest absolute Gasteiger partial charge is 0.376 e. The lowest BCUT2D eigenvalue weighted by Gasteiger charge is -2.40. The second-order valence-electron chi connectivity index (χ2n) is 5.05. The van der Waals surface area contributed by atoms with E-state index in [1.165, 1.54) is 17.8 Å². The van der Waals surface area contributed by atoms with E-state index >= 15 is 0 Å². The molecule has 0 spiro atoms. The van der Waals surface area contributed by atoms with Gasteiger partial charge in [0.05, 0.1) is 21.9 Å². The van der Waals surface area contributed by atoms with Gasteiger partial charge in [-0.25, -0.2) is 0 Å². The molecular weight excluding hydrogens is 272 g/mol. The number of carbonyl (C=O) groups excluding carboxylic acids is 1. The van der Waals surface area contributed by atoms with E-state index < -0.39 is 0 Å². The van der Waals surface area contributed by atoms with Crippen LogP contribution in [0, 0.1) is 18.8 Å². The highest BCUT2D eigenvalue weighted by atomic mass is 32.1. The van der Waals surface area contributed by atoms with Gasteiger partial charge in [-0.3, -0.25) is 4.79 Å². The van der Waals surface area contributed by atoms with Gasteiger partial charge in [-0.05, 0) is 37.8 Å². The van der Waals surface area contributed by atoms with Gasteiger partial charge >= 0.3 is 0 Å². The monoisotopic (exact) mass is 292 g/mol. The number of carbonyl (C=O) groups is 1. The summed E-state index contributed by atoms with van der Waals surface area (Å²) in [6.07, 6.45) is 3.20. The molecule has 1 saturated carbocycles. The van der Waals surface area contributed by atoms with Gasteiger partial charge in [-0.2, -0.15) is 0 Å². The topological polar surface area (TPSA) is 64.3 Å². The molecule has 1 amide bonds. The van der Waals surface area contributed by atoms with E-state index in [1.54, 1.807) is 7.11 Å². The SMILES string of the molecule is COC1(CNC(=O)c2cc(C)c(C#CCN)s2)CCC1. The number of methoxy groups -OCH3 is 1. The van der Waals surface area contributed by atoms with Crippen LogP contribution in [0.25, 0.3) is 0 Å². The van der Waals surface area contributed by atoms with Crippen LogP contribution in [0.15, 0.2) is 6.07 Å². The molecule has 0 unspecified atom stereocenters. The smallest absolute Gasteiger partial charge is 0.261 e. The van der Waals surface area contributed by atoms with Crippen LogP contribution in [-0.2, 0) is 4.74 Å². The maximum absolute atomic E-state index is 12.2. The lowest BCUT2D eigenvalue weighted by molar-refractivity contribution is -0.0679. The zero-order valence-electron chi connectivity index (χ0n) is 11.9. The Morgan fingerprint density at radius 1 is 1.60 bits per heavy atom. The van der Waals surface area contributed by atoms with Gasteiger partial charge in [0.2, 0.25) is 0 Å². The maximum Gasteiger partial charge on any atom is 0.261 e. The number of hydrogen-bond acceptors (Lipinski definition) is 4. The van der Waals surface area contributed by atoms with Crippen LogP contribution in [0.5, 0.6) is 0 Å². The molecule has 0 bridgehead atoms. The Morgan fingerprint density at radius 2 is 2.35 bits per heavy atom. The number of nitrogens with two attached hydrogens (primary N) is 1. The van der Waals surface area contributed by atoms with Crippen molar-refractivity contribution in [3.63, 3.8) is 0 Å². The molecule has 1 aliphatic rings. The van der Waals surface area contributed by atoms with Gasteiger partial charge in [-0.15, -0.1) is 11.3 Å². The van der Waals surface area contributed by atoms with E-state index in [2.05, 4.69) is 17.2 Å². The summed E-state index contributed by atoms with van der Waals surface area (Å²) >= 11 is 1.41. The van der Waals surface area contributed by atoms with E-state index in [0.717, 1.165) is 23.3 Å². The first-order valence-corrected chi connectivity index (χ1v) is 7.54. The Balaban J connectivity index is 1.99. The molecule has 1 aliphatic carbocycles. The molecular formula is C15H20N2O2S. The maximum atomic E-state index is 12.2. The molecule has 4 nitrogen and oxygen atoms in total. The van der Waals surface area contributed by atoms with E-state index in [4.69, 9.17) is 10.5 Å². The van der Waals surface area contributed by atoms with Gasteiger partial charge in [0, 0.05) is 13.7 Å². The molecule has 2 rings (SSSR count). The number of amides is 1. The predicted molar refractivity (Wildman–Crippen MR) is 80.9 cm³/mol. The van der Waals surface area contributed by atoms with E-state index in [0.29, 0.717) is 18.0 Å². The minimum atomic E-state index is -0.149. The summed E-state index contributed by atoms with van der Waals surface area (Å²) < 4.78 is 5.49. The molecule has 0 aliphatic heterocycles. The Labute approximate surface area is 123 Å². The molecule has 0 atom stereocenters. The zero-order valence-corrected chi connectivity index (χ0v) is 12.7. The molecule has 108 valence electrons. The third-order valence-corrected chi connectivity index (χ3v) is 4.87. The van der Waals surface area contributed by atoms with Crippen molar-refractivity contribution in [2.75, 3.05) is 20.2 Å².